The molecule has 3 nitrogen and oxygen atoms in total. The minimum Gasteiger partial charge on any atom is -0.395 e. The lowest BCUT2D eigenvalue weighted by molar-refractivity contribution is 0.292. The highest BCUT2D eigenvalue weighted by Crippen LogP contribution is 1.86. The Kier molecular flexibility index (Phi) is 9.48. The average Bonchev–Trinajstić information content (AvgIpc) is 2.21. The van der Waals surface area contributed by atoms with Gasteiger partial charge in [0.1, 0.15) is 0 Å². The molecule has 0 saturated carbocycles. The summed E-state index contributed by atoms with van der Waals surface area (Å²) in [7, 11) is 0. The first-order valence-corrected chi connectivity index (χ1v) is 5.00. The van der Waals surface area contributed by atoms with Crippen molar-refractivity contribution in [3.05, 3.63) is 30.1 Å². The van der Waals surface area contributed by atoms with Crippen LogP contribution in [0.3, 0.4) is 0 Å². The van der Waals surface area contributed by atoms with E-state index in [1.165, 1.54) is 0 Å². The van der Waals surface area contributed by atoms with E-state index in [2.05, 4.69) is 17.2 Å². The van der Waals surface area contributed by atoms with Crippen LogP contribution in [0.4, 0.5) is 0 Å². The molecule has 0 aromatic carbocycles. The molecule has 1 rings (SSSR count). The van der Waals surface area contributed by atoms with Crippen LogP contribution in [0.15, 0.2) is 24.4 Å². The van der Waals surface area contributed by atoms with Gasteiger partial charge in [-0.25, -0.2) is 0 Å². The number of aromatic nitrogens is 1. The number of nitrogens with zero attached hydrogens (tertiary/aromatic N) is 1. The van der Waals surface area contributed by atoms with E-state index >= 15 is 0 Å². The van der Waals surface area contributed by atoms with E-state index in [1.807, 2.05) is 25.1 Å². The first-order chi connectivity index (χ1) is 6.81. The molecule has 80 valence electrons. The van der Waals surface area contributed by atoms with Crippen LogP contribution in [-0.2, 0) is 0 Å². The molecule has 0 fully saturated rings. The Morgan fingerprint density at radius 3 is 2.50 bits per heavy atom. The highest BCUT2D eigenvalue weighted by Gasteiger charge is 1.77. The van der Waals surface area contributed by atoms with Crippen molar-refractivity contribution in [2.75, 3.05) is 19.7 Å². The zero-order chi connectivity index (χ0) is 10.6. The molecular formula is C11H20N2O. The first-order valence-electron chi connectivity index (χ1n) is 5.00. The summed E-state index contributed by atoms with van der Waals surface area (Å²) in [5, 5.41) is 11.3. The first kappa shape index (κ1) is 13.1. The normalized spacial score (nSPS) is 9.07. The van der Waals surface area contributed by atoms with Crippen LogP contribution in [-0.4, -0.2) is 29.8 Å². The largest absolute Gasteiger partial charge is 0.395 e. The lowest BCUT2D eigenvalue weighted by atomic mass is 10.4. The van der Waals surface area contributed by atoms with Crippen molar-refractivity contribution in [3.8, 4) is 0 Å². The van der Waals surface area contributed by atoms with E-state index in [0.717, 1.165) is 25.2 Å². The lowest BCUT2D eigenvalue weighted by Gasteiger charge is -1.95. The third-order valence-electron chi connectivity index (χ3n) is 1.53. The number of hydrogen-bond donors (Lipinski definition) is 2. The van der Waals surface area contributed by atoms with Crippen molar-refractivity contribution < 1.29 is 5.11 Å². The summed E-state index contributed by atoms with van der Waals surface area (Å²) in [6, 6.07) is 5.86. The van der Waals surface area contributed by atoms with Crippen LogP contribution in [0, 0.1) is 6.92 Å². The van der Waals surface area contributed by atoms with Gasteiger partial charge in [-0.15, -0.1) is 0 Å². The van der Waals surface area contributed by atoms with Crippen molar-refractivity contribution >= 4 is 0 Å². The van der Waals surface area contributed by atoms with Gasteiger partial charge in [-0.2, -0.15) is 0 Å². The maximum absolute atomic E-state index is 8.23. The van der Waals surface area contributed by atoms with Crippen molar-refractivity contribution in [1.82, 2.24) is 10.3 Å². The Labute approximate surface area is 86.2 Å². The van der Waals surface area contributed by atoms with Gasteiger partial charge >= 0.3 is 0 Å². The molecule has 0 spiro atoms. The van der Waals surface area contributed by atoms with E-state index in [-0.39, 0.29) is 6.61 Å². The quantitative estimate of drug-likeness (QED) is 0.715. The van der Waals surface area contributed by atoms with Gasteiger partial charge in [0.2, 0.25) is 0 Å². The van der Waals surface area contributed by atoms with Crippen LogP contribution in [0.25, 0.3) is 0 Å². The number of nitrogens with one attached hydrogen (secondary N) is 1. The van der Waals surface area contributed by atoms with Crippen molar-refractivity contribution in [3.63, 3.8) is 0 Å². The fourth-order valence-corrected chi connectivity index (χ4v) is 0.829. The lowest BCUT2D eigenvalue weighted by Crippen LogP contribution is -2.18. The summed E-state index contributed by atoms with van der Waals surface area (Å²) < 4.78 is 0. The van der Waals surface area contributed by atoms with Crippen LogP contribution >= 0.6 is 0 Å². The Morgan fingerprint density at radius 2 is 2.14 bits per heavy atom. The minimum absolute atomic E-state index is 0.250. The maximum atomic E-state index is 8.23. The Balaban J connectivity index is 0.000000241. The fourth-order valence-electron chi connectivity index (χ4n) is 0.829. The van der Waals surface area contributed by atoms with Crippen LogP contribution in [0.5, 0.6) is 0 Å². The molecule has 14 heavy (non-hydrogen) atoms. The fraction of sp³-hybridized carbons (Fsp3) is 0.545. The van der Waals surface area contributed by atoms with Crippen molar-refractivity contribution in [2.24, 2.45) is 0 Å². The molecule has 0 aliphatic carbocycles. The number of rotatable bonds is 4. The smallest absolute Gasteiger partial charge is 0.0555 e. The molecule has 0 atom stereocenters. The molecule has 3 heteroatoms. The van der Waals surface area contributed by atoms with Gasteiger partial charge in [0.25, 0.3) is 0 Å². The van der Waals surface area contributed by atoms with Gasteiger partial charge in [0.05, 0.1) is 6.61 Å². The molecule has 0 aliphatic heterocycles. The average molecular weight is 196 g/mol. The van der Waals surface area contributed by atoms with Gasteiger partial charge in [-0.3, -0.25) is 4.98 Å². The Hall–Kier alpha value is -0.930. The summed E-state index contributed by atoms with van der Waals surface area (Å²) in [6.45, 7) is 6.07. The molecular weight excluding hydrogens is 176 g/mol. The van der Waals surface area contributed by atoms with E-state index < -0.39 is 0 Å². The third kappa shape index (κ3) is 9.16. The topological polar surface area (TPSA) is 45.1 Å². The van der Waals surface area contributed by atoms with Crippen molar-refractivity contribution in [1.29, 1.82) is 0 Å². The number of hydrogen-bond acceptors (Lipinski definition) is 3. The van der Waals surface area contributed by atoms with Gasteiger partial charge in [-0.1, -0.05) is 13.0 Å². The van der Waals surface area contributed by atoms with Crippen LogP contribution < -0.4 is 5.32 Å². The van der Waals surface area contributed by atoms with Gasteiger partial charge in [0.15, 0.2) is 0 Å². The van der Waals surface area contributed by atoms with Gasteiger partial charge < -0.3 is 10.4 Å². The standard InChI is InChI=1S/C6H7N.C5H13NO/c1-6-4-2-3-5-7-6;1-2-3-6-4-5-7/h2-5H,1H3;6-7H,2-5H2,1H3. The van der Waals surface area contributed by atoms with E-state index in [1.54, 1.807) is 6.20 Å². The molecule has 0 aliphatic rings. The predicted octanol–water partition coefficient (Wildman–Crippen LogP) is 1.37. The van der Waals surface area contributed by atoms with Gasteiger partial charge in [0, 0.05) is 18.4 Å². The monoisotopic (exact) mass is 196 g/mol. The zero-order valence-electron chi connectivity index (χ0n) is 9.03. The molecule has 1 aromatic heterocycles. The minimum atomic E-state index is 0.250. The molecule has 0 radical (unpaired) electrons. The predicted molar refractivity (Wildman–Crippen MR) is 59.2 cm³/mol. The molecule has 0 unspecified atom stereocenters. The van der Waals surface area contributed by atoms with Gasteiger partial charge in [-0.05, 0) is 32.0 Å². The second-order valence-corrected chi connectivity index (χ2v) is 2.94. The molecule has 0 saturated heterocycles. The summed E-state index contributed by atoms with van der Waals surface area (Å²) in [4.78, 5) is 3.98. The molecule has 0 bridgehead atoms. The third-order valence-corrected chi connectivity index (χ3v) is 1.53. The highest BCUT2D eigenvalue weighted by atomic mass is 16.3. The number of pyridine rings is 1. The van der Waals surface area contributed by atoms with E-state index in [9.17, 15) is 0 Å². The Morgan fingerprint density at radius 1 is 1.36 bits per heavy atom. The van der Waals surface area contributed by atoms with E-state index in [4.69, 9.17) is 5.11 Å². The number of aliphatic hydroxyl groups is 1. The second-order valence-electron chi connectivity index (χ2n) is 2.94. The maximum Gasteiger partial charge on any atom is 0.0555 e. The summed E-state index contributed by atoms with van der Waals surface area (Å²) in [5.41, 5.74) is 1.07. The molecule has 0 amide bonds. The van der Waals surface area contributed by atoms with E-state index in [0.29, 0.717) is 0 Å². The molecule has 1 heterocycles. The second kappa shape index (κ2) is 10.2. The number of aryl methyl sites for hydroxylation is 1. The van der Waals surface area contributed by atoms with Crippen molar-refractivity contribution in [2.45, 2.75) is 20.3 Å². The zero-order valence-corrected chi connectivity index (χ0v) is 9.03. The summed E-state index contributed by atoms with van der Waals surface area (Å²) in [5.74, 6) is 0. The number of aliphatic hydroxyl groups excluding tert-OH is 1. The van der Waals surface area contributed by atoms with Crippen LogP contribution in [0.1, 0.15) is 19.0 Å². The molecule has 2 N–H and O–H groups in total. The summed E-state index contributed by atoms with van der Waals surface area (Å²) >= 11 is 0. The SMILES string of the molecule is CCCNCCO.Cc1ccccn1. The highest BCUT2D eigenvalue weighted by molar-refractivity contribution is 4.99. The molecule has 1 aromatic rings. The summed E-state index contributed by atoms with van der Waals surface area (Å²) in [6.07, 6.45) is 2.93. The van der Waals surface area contributed by atoms with Crippen LogP contribution in [0.2, 0.25) is 0 Å². The Bertz CT molecular complexity index is 198.